The molecule has 12 rings (SSSR count). The molecule has 0 unspecified atom stereocenters. The summed E-state index contributed by atoms with van der Waals surface area (Å²) in [4.78, 5) is 3.92. The predicted molar refractivity (Wildman–Crippen MR) is 412 cm³/mol. The van der Waals surface area contributed by atoms with Gasteiger partial charge in [-0.2, -0.15) is 4.99 Å². The highest BCUT2D eigenvalue weighted by atomic mass is 32.1. The van der Waals surface area contributed by atoms with E-state index < -0.39 is 92.6 Å². The zero-order valence-corrected chi connectivity index (χ0v) is 61.4. The summed E-state index contributed by atoms with van der Waals surface area (Å²) in [6.45, 7) is 12.1. The number of isothiocyanates is 1. The third kappa shape index (κ3) is 20.4. The molecule has 1 nitrogen and oxygen atoms in total. The molecular weight excluding hydrogens is 1420 g/mol. The first-order valence-electron chi connectivity index (χ1n) is 35.9. The van der Waals surface area contributed by atoms with Gasteiger partial charge >= 0.3 is 0 Å². The lowest BCUT2D eigenvalue weighted by Gasteiger charge is -2.13. The molecule has 0 amide bonds. The largest absolute Gasteiger partial charge is 0.206 e. The molecule has 0 fully saturated rings. The topological polar surface area (TPSA) is 12.4 Å². The standard InChI is InChI=1S/C25H24F4.C24H22F4.C22H17F2NS.C21H16F4/c1-3-5-7-17-14-22(28)25(23(29)15-17)19-10-8-18(9-11-19)24-20(26)12-16(6-4-2)13-21(24)27;1-3-5-15-7-11-17(12-8-15)19-21(25)23(27)20(24(28)22(19)26)18-13-9-16(6-4-2)10-14-18;1-2-3-15-12-20(23)22(21(24)13-15)18-6-4-16(5-7-18)17-8-10-19(11-9-17)25-14-26;1-2-3-13-4-6-14(7-5-13)15-8-9-17(18(22)10-15)16-11-19(23)21(25)20(24)12-16/h8-15H,3-7H2,1-2H3;7-14H,3-6H2,1-2H3;4-13H,2-3H2,1H3;4-12H,2-3H2,1H3. The number of aryl methyl sites for hydroxylation is 6. The highest BCUT2D eigenvalue weighted by Crippen LogP contribution is 2.39. The van der Waals surface area contributed by atoms with Gasteiger partial charge in [0.15, 0.2) is 40.7 Å². The van der Waals surface area contributed by atoms with E-state index in [1.165, 1.54) is 103 Å². The average Bonchev–Trinajstić information content (AvgIpc) is 0.764. The fraction of sp³-hybridized carbons (Fsp3) is 0.207. The Hall–Kier alpha value is -10.5. The summed E-state index contributed by atoms with van der Waals surface area (Å²) in [6.07, 6.45) is 10.9. The second kappa shape index (κ2) is 38.8. The van der Waals surface area contributed by atoms with Gasteiger partial charge in [0.05, 0.1) is 38.7 Å². The first kappa shape index (κ1) is 81.5. The van der Waals surface area contributed by atoms with E-state index in [2.05, 4.69) is 29.3 Å². The minimum absolute atomic E-state index is 0.0158. The number of benzene rings is 12. The van der Waals surface area contributed by atoms with Crippen molar-refractivity contribution < 1.29 is 61.5 Å². The van der Waals surface area contributed by atoms with Crippen LogP contribution < -0.4 is 0 Å². The summed E-state index contributed by atoms with van der Waals surface area (Å²) in [5.41, 5.74) is 9.07. The molecule has 0 N–H and O–H groups in total. The van der Waals surface area contributed by atoms with Gasteiger partial charge in [-0.25, -0.2) is 61.5 Å². The van der Waals surface area contributed by atoms with Crippen LogP contribution in [0.1, 0.15) is 120 Å². The predicted octanol–water partition coefficient (Wildman–Crippen LogP) is 28.9. The van der Waals surface area contributed by atoms with Crippen molar-refractivity contribution in [2.45, 2.75) is 125 Å². The van der Waals surface area contributed by atoms with Gasteiger partial charge in [-0.1, -0.05) is 226 Å². The SMILES string of the molecule is CCCCc1cc(F)c(-c2ccc(-c3c(F)cc(CCC)cc3F)cc2)c(F)c1.CCCc1cc(F)c(-c2ccc(-c3ccc(N=C=S)cc3)cc2)c(F)c1.CCCc1ccc(-c2c(F)c(F)c(-c3ccc(CCC)cc3)c(F)c2F)cc1.CCCc1ccc(-c2ccc(-c3cc(F)c(F)c(F)c3)c(F)c2)cc1. The number of rotatable bonds is 22. The molecule has 0 spiro atoms. The van der Waals surface area contributed by atoms with Crippen LogP contribution in [0.5, 0.6) is 0 Å². The van der Waals surface area contributed by atoms with Crippen molar-refractivity contribution in [1.82, 2.24) is 0 Å². The molecule has 0 saturated heterocycles. The van der Waals surface area contributed by atoms with E-state index in [0.717, 1.165) is 110 Å². The zero-order valence-electron chi connectivity index (χ0n) is 60.5. The molecule has 0 saturated carbocycles. The number of halogens is 14. The van der Waals surface area contributed by atoms with Crippen LogP contribution in [0.2, 0.25) is 0 Å². The Morgan fingerprint density at radius 1 is 0.231 bits per heavy atom. The summed E-state index contributed by atoms with van der Waals surface area (Å²) in [7, 11) is 0. The molecule has 0 aliphatic carbocycles. The van der Waals surface area contributed by atoms with Crippen molar-refractivity contribution in [1.29, 1.82) is 0 Å². The van der Waals surface area contributed by atoms with Gasteiger partial charge in [-0.05, 0) is 213 Å². The molecule has 12 aromatic carbocycles. The Kier molecular flexibility index (Phi) is 29.3. The molecule has 108 heavy (non-hydrogen) atoms. The number of nitrogens with zero attached hydrogens (tertiary/aromatic N) is 1. The lowest BCUT2D eigenvalue weighted by molar-refractivity contribution is 0.447. The molecule has 0 atom stereocenters. The van der Waals surface area contributed by atoms with E-state index in [1.54, 1.807) is 42.5 Å². The van der Waals surface area contributed by atoms with Crippen molar-refractivity contribution in [3.8, 4) is 89.0 Å². The number of hydrogen-bond donors (Lipinski definition) is 0. The van der Waals surface area contributed by atoms with Crippen LogP contribution in [0, 0.1) is 81.4 Å². The van der Waals surface area contributed by atoms with Gasteiger partial charge in [0.1, 0.15) is 40.7 Å². The maximum absolute atomic E-state index is 14.7. The van der Waals surface area contributed by atoms with Gasteiger partial charge in [0.2, 0.25) is 0 Å². The van der Waals surface area contributed by atoms with Crippen LogP contribution in [0.15, 0.2) is 217 Å². The van der Waals surface area contributed by atoms with Gasteiger partial charge in [-0.15, -0.1) is 0 Å². The molecule has 0 aromatic heterocycles. The van der Waals surface area contributed by atoms with Crippen LogP contribution in [-0.4, -0.2) is 5.16 Å². The van der Waals surface area contributed by atoms with E-state index in [0.29, 0.717) is 58.2 Å². The Morgan fingerprint density at radius 2 is 0.491 bits per heavy atom. The van der Waals surface area contributed by atoms with Gasteiger partial charge < -0.3 is 0 Å². The van der Waals surface area contributed by atoms with Crippen molar-refractivity contribution in [2.24, 2.45) is 4.99 Å². The van der Waals surface area contributed by atoms with Gasteiger partial charge in [0.25, 0.3) is 0 Å². The monoisotopic (exact) mass is 1500 g/mol. The number of aliphatic imine (C=N–C) groups is 1. The highest BCUT2D eigenvalue weighted by molar-refractivity contribution is 7.78. The first-order chi connectivity index (χ1) is 52.0. The summed E-state index contributed by atoms with van der Waals surface area (Å²) < 4.78 is 200. The van der Waals surface area contributed by atoms with Crippen LogP contribution in [0.4, 0.5) is 67.2 Å². The second-order valence-electron chi connectivity index (χ2n) is 26.1. The normalized spacial score (nSPS) is 10.9. The molecule has 0 bridgehead atoms. The Balaban J connectivity index is 0.000000166. The average molecular weight is 1500 g/mol. The highest BCUT2D eigenvalue weighted by Gasteiger charge is 2.28. The number of thiocarbonyl (C=S) groups is 1. The summed E-state index contributed by atoms with van der Waals surface area (Å²) in [5, 5.41) is 2.33. The minimum atomic E-state index is -1.56. The molecule has 0 aliphatic heterocycles. The smallest absolute Gasteiger partial charge is 0.194 e. The van der Waals surface area contributed by atoms with Crippen LogP contribution in [0.25, 0.3) is 89.0 Å². The van der Waals surface area contributed by atoms with E-state index in [1.807, 2.05) is 95.3 Å². The van der Waals surface area contributed by atoms with Crippen LogP contribution in [-0.2, 0) is 38.5 Å². The first-order valence-corrected chi connectivity index (χ1v) is 36.4. The Morgan fingerprint density at radius 3 is 0.806 bits per heavy atom. The Labute approximate surface area is 627 Å². The number of hydrogen-bond acceptors (Lipinski definition) is 2. The van der Waals surface area contributed by atoms with Crippen molar-refractivity contribution >= 4 is 23.1 Å². The van der Waals surface area contributed by atoms with Crippen molar-refractivity contribution in [3.05, 3.63) is 327 Å². The third-order valence-corrected chi connectivity index (χ3v) is 18.2. The maximum Gasteiger partial charge on any atom is 0.194 e. The Bertz CT molecular complexity index is 4890. The van der Waals surface area contributed by atoms with E-state index in [4.69, 9.17) is 0 Å². The molecule has 12 aromatic rings. The van der Waals surface area contributed by atoms with Crippen LogP contribution >= 0.6 is 12.2 Å². The summed E-state index contributed by atoms with van der Waals surface area (Å²) >= 11 is 4.59. The van der Waals surface area contributed by atoms with E-state index in [-0.39, 0.29) is 38.9 Å². The zero-order chi connectivity index (χ0) is 77.7. The number of unbranched alkanes of at least 4 members (excludes halogenated alkanes) is 1. The molecule has 0 aliphatic rings. The van der Waals surface area contributed by atoms with Crippen molar-refractivity contribution in [3.63, 3.8) is 0 Å². The molecule has 0 radical (unpaired) electrons. The van der Waals surface area contributed by atoms with Crippen molar-refractivity contribution in [2.75, 3.05) is 0 Å². The lowest BCUT2D eigenvalue weighted by atomic mass is 9.95. The van der Waals surface area contributed by atoms with E-state index in [9.17, 15) is 61.5 Å². The van der Waals surface area contributed by atoms with Gasteiger partial charge in [0, 0.05) is 5.56 Å². The third-order valence-electron chi connectivity index (χ3n) is 18.1. The molecule has 556 valence electrons. The quantitative estimate of drug-likeness (QED) is 0.0217. The molecule has 16 heteroatoms. The lowest BCUT2D eigenvalue weighted by Crippen LogP contribution is -2.03. The van der Waals surface area contributed by atoms with Crippen LogP contribution in [0.3, 0.4) is 0 Å². The summed E-state index contributed by atoms with van der Waals surface area (Å²) in [6, 6.07) is 55.5. The molecular formula is C92H79F14NS. The van der Waals surface area contributed by atoms with Gasteiger partial charge in [-0.3, -0.25) is 0 Å². The maximum atomic E-state index is 14.7. The fourth-order valence-electron chi connectivity index (χ4n) is 12.7. The fourth-order valence-corrected chi connectivity index (χ4v) is 12.8. The van der Waals surface area contributed by atoms with E-state index >= 15 is 0 Å². The summed E-state index contributed by atoms with van der Waals surface area (Å²) in [5.74, 6) is -14.0. The second-order valence-corrected chi connectivity index (χ2v) is 26.3. The molecule has 0 heterocycles. The minimum Gasteiger partial charge on any atom is -0.206 e.